The van der Waals surface area contributed by atoms with E-state index >= 15 is 0 Å². The second-order valence-electron chi connectivity index (χ2n) is 7.32. The average molecular weight is 398 g/mol. The minimum Gasteiger partial charge on any atom is -0.325 e. The molecule has 0 saturated heterocycles. The number of carbonyl (C=O) groups is 2. The van der Waals surface area contributed by atoms with E-state index in [1.54, 1.807) is 11.9 Å². The van der Waals surface area contributed by atoms with Crippen LogP contribution in [0.25, 0.3) is 0 Å². The van der Waals surface area contributed by atoms with Crippen molar-refractivity contribution in [3.05, 3.63) is 54.1 Å². The molecule has 0 saturated carbocycles. The zero-order chi connectivity index (χ0) is 20.1. The number of carbonyl (C=O) groups excluding carboxylic acids is 2. The first kappa shape index (κ1) is 20.4. The Morgan fingerprint density at radius 1 is 1.14 bits per heavy atom. The molecule has 1 unspecified atom stereocenters. The zero-order valence-corrected chi connectivity index (χ0v) is 17.5. The largest absolute Gasteiger partial charge is 0.325 e. The number of anilines is 2. The molecular weight excluding hydrogens is 370 g/mol. The lowest BCUT2D eigenvalue weighted by Crippen LogP contribution is -2.42. The van der Waals surface area contributed by atoms with Crippen molar-refractivity contribution in [2.24, 2.45) is 0 Å². The lowest BCUT2D eigenvalue weighted by molar-refractivity contribution is -0.121. The zero-order valence-electron chi connectivity index (χ0n) is 16.6. The van der Waals surface area contributed by atoms with Crippen molar-refractivity contribution in [2.75, 3.05) is 36.9 Å². The standard InChI is InChI=1S/C22H27N3O2S/c1-16-8-10-18(11-9-16)23-21(26)14-24(3)15-22(27)25-13-12-17(2)28-20-7-5-4-6-19(20)25/h4-11,17H,12-15H2,1-3H3,(H,23,26). The Labute approximate surface area is 171 Å². The topological polar surface area (TPSA) is 52.7 Å². The number of amides is 2. The maximum absolute atomic E-state index is 13.0. The Balaban J connectivity index is 1.59. The molecule has 2 amide bonds. The highest BCUT2D eigenvalue weighted by Gasteiger charge is 2.25. The smallest absolute Gasteiger partial charge is 0.241 e. The van der Waals surface area contributed by atoms with Crippen LogP contribution in [0.5, 0.6) is 0 Å². The van der Waals surface area contributed by atoms with Crippen LogP contribution >= 0.6 is 11.8 Å². The summed E-state index contributed by atoms with van der Waals surface area (Å²) in [5.74, 6) is -0.104. The van der Waals surface area contributed by atoms with E-state index < -0.39 is 0 Å². The predicted molar refractivity (Wildman–Crippen MR) is 116 cm³/mol. The molecule has 2 aromatic carbocycles. The Morgan fingerprint density at radius 3 is 2.61 bits per heavy atom. The molecule has 1 aliphatic rings. The molecule has 0 radical (unpaired) electrons. The number of hydrogen-bond donors (Lipinski definition) is 1. The molecule has 5 nitrogen and oxygen atoms in total. The molecule has 0 aliphatic carbocycles. The summed E-state index contributed by atoms with van der Waals surface area (Å²) < 4.78 is 0. The predicted octanol–water partition coefficient (Wildman–Crippen LogP) is 3.78. The number of aryl methyl sites for hydroxylation is 1. The highest BCUT2D eigenvalue weighted by atomic mass is 32.2. The number of fused-ring (bicyclic) bond motifs is 1. The maximum atomic E-state index is 13.0. The van der Waals surface area contributed by atoms with Crippen LogP contribution in [0.2, 0.25) is 0 Å². The maximum Gasteiger partial charge on any atom is 0.241 e. The molecule has 28 heavy (non-hydrogen) atoms. The highest BCUT2D eigenvalue weighted by Crippen LogP contribution is 2.37. The van der Waals surface area contributed by atoms with Gasteiger partial charge in [-0.15, -0.1) is 11.8 Å². The normalized spacial score (nSPS) is 16.4. The van der Waals surface area contributed by atoms with Gasteiger partial charge in [0.2, 0.25) is 11.8 Å². The first-order chi connectivity index (χ1) is 13.4. The van der Waals surface area contributed by atoms with Crippen LogP contribution in [-0.4, -0.2) is 48.6 Å². The number of hydrogen-bond acceptors (Lipinski definition) is 4. The lowest BCUT2D eigenvalue weighted by atomic mass is 10.2. The summed E-state index contributed by atoms with van der Waals surface area (Å²) in [5.41, 5.74) is 2.88. The molecule has 1 N–H and O–H groups in total. The van der Waals surface area contributed by atoms with E-state index in [-0.39, 0.29) is 24.9 Å². The molecule has 0 spiro atoms. The van der Waals surface area contributed by atoms with Crippen LogP contribution in [0.1, 0.15) is 18.9 Å². The second kappa shape index (κ2) is 9.26. The third-order valence-electron chi connectivity index (χ3n) is 4.70. The van der Waals surface area contributed by atoms with Gasteiger partial charge in [-0.3, -0.25) is 14.5 Å². The Hall–Kier alpha value is -2.31. The number of rotatable bonds is 5. The van der Waals surface area contributed by atoms with Crippen molar-refractivity contribution in [1.29, 1.82) is 0 Å². The number of para-hydroxylation sites is 1. The fraction of sp³-hybridized carbons (Fsp3) is 0.364. The van der Waals surface area contributed by atoms with Gasteiger partial charge in [0, 0.05) is 22.4 Å². The molecule has 1 heterocycles. The van der Waals surface area contributed by atoms with Crippen LogP contribution in [0.3, 0.4) is 0 Å². The minimum absolute atomic E-state index is 0.0211. The molecular formula is C22H27N3O2S. The molecule has 0 bridgehead atoms. The van der Waals surface area contributed by atoms with Crippen LogP contribution in [0, 0.1) is 6.92 Å². The van der Waals surface area contributed by atoms with Gasteiger partial charge in [0.25, 0.3) is 0 Å². The molecule has 0 aromatic heterocycles. The minimum atomic E-state index is -0.125. The third-order valence-corrected chi connectivity index (χ3v) is 5.94. The van der Waals surface area contributed by atoms with E-state index in [1.165, 1.54) is 0 Å². The molecule has 1 aliphatic heterocycles. The van der Waals surface area contributed by atoms with Crippen molar-refractivity contribution in [1.82, 2.24) is 4.90 Å². The van der Waals surface area contributed by atoms with E-state index in [1.807, 2.05) is 66.1 Å². The molecule has 0 fully saturated rings. The van der Waals surface area contributed by atoms with Crippen LogP contribution in [0.15, 0.2) is 53.4 Å². The molecule has 148 valence electrons. The second-order valence-corrected chi connectivity index (χ2v) is 8.80. The van der Waals surface area contributed by atoms with Gasteiger partial charge in [-0.05, 0) is 44.7 Å². The van der Waals surface area contributed by atoms with Gasteiger partial charge < -0.3 is 10.2 Å². The van der Waals surface area contributed by atoms with Crippen molar-refractivity contribution in [3.63, 3.8) is 0 Å². The van der Waals surface area contributed by atoms with E-state index in [0.717, 1.165) is 28.3 Å². The molecule has 6 heteroatoms. The summed E-state index contributed by atoms with van der Waals surface area (Å²) in [6, 6.07) is 15.7. The van der Waals surface area contributed by atoms with Crippen molar-refractivity contribution in [3.8, 4) is 0 Å². The third kappa shape index (κ3) is 5.36. The Morgan fingerprint density at radius 2 is 1.86 bits per heavy atom. The van der Waals surface area contributed by atoms with E-state index in [4.69, 9.17) is 0 Å². The first-order valence-electron chi connectivity index (χ1n) is 9.53. The highest BCUT2D eigenvalue weighted by molar-refractivity contribution is 8.00. The van der Waals surface area contributed by atoms with E-state index in [2.05, 4.69) is 18.3 Å². The van der Waals surface area contributed by atoms with Gasteiger partial charge in [0.05, 0.1) is 18.8 Å². The first-order valence-corrected chi connectivity index (χ1v) is 10.4. The SMILES string of the molecule is Cc1ccc(NC(=O)CN(C)CC(=O)N2CCC(C)Sc3ccccc32)cc1. The van der Waals surface area contributed by atoms with Crippen molar-refractivity contribution < 1.29 is 9.59 Å². The number of nitrogens with one attached hydrogen (secondary N) is 1. The van der Waals surface area contributed by atoms with Gasteiger partial charge in [-0.1, -0.05) is 36.8 Å². The Kier molecular flexibility index (Phi) is 6.75. The van der Waals surface area contributed by atoms with Crippen molar-refractivity contribution in [2.45, 2.75) is 30.4 Å². The monoisotopic (exact) mass is 397 g/mol. The fourth-order valence-corrected chi connectivity index (χ4v) is 4.31. The number of likely N-dealkylation sites (N-methyl/N-ethyl adjacent to an activating group) is 1. The van der Waals surface area contributed by atoms with Gasteiger partial charge >= 0.3 is 0 Å². The quantitative estimate of drug-likeness (QED) is 0.834. The average Bonchev–Trinajstić information content (AvgIpc) is 2.81. The van der Waals surface area contributed by atoms with Crippen molar-refractivity contribution >= 4 is 35.0 Å². The van der Waals surface area contributed by atoms with Gasteiger partial charge in [0.1, 0.15) is 0 Å². The molecule has 3 rings (SSSR count). The fourth-order valence-electron chi connectivity index (χ4n) is 3.20. The summed E-state index contributed by atoms with van der Waals surface area (Å²) in [4.78, 5) is 30.0. The number of benzene rings is 2. The lowest BCUT2D eigenvalue weighted by Gasteiger charge is -2.25. The van der Waals surface area contributed by atoms with Gasteiger partial charge in [-0.2, -0.15) is 0 Å². The number of nitrogens with zero attached hydrogens (tertiary/aromatic N) is 2. The Bertz CT molecular complexity index is 838. The molecule has 2 aromatic rings. The van der Waals surface area contributed by atoms with Crippen LogP contribution < -0.4 is 10.2 Å². The number of thioether (sulfide) groups is 1. The molecule has 1 atom stereocenters. The summed E-state index contributed by atoms with van der Waals surface area (Å²) in [6.07, 6.45) is 0.947. The van der Waals surface area contributed by atoms with Gasteiger partial charge in [-0.25, -0.2) is 0 Å². The summed E-state index contributed by atoms with van der Waals surface area (Å²) in [7, 11) is 1.80. The van der Waals surface area contributed by atoms with Gasteiger partial charge in [0.15, 0.2) is 0 Å². The van der Waals surface area contributed by atoms with E-state index in [9.17, 15) is 9.59 Å². The summed E-state index contributed by atoms with van der Waals surface area (Å²) in [6.45, 7) is 5.27. The van der Waals surface area contributed by atoms with E-state index in [0.29, 0.717) is 11.8 Å². The summed E-state index contributed by atoms with van der Waals surface area (Å²) in [5, 5.41) is 3.34. The summed E-state index contributed by atoms with van der Waals surface area (Å²) >= 11 is 1.81. The van der Waals surface area contributed by atoms with Crippen LogP contribution in [0.4, 0.5) is 11.4 Å². The van der Waals surface area contributed by atoms with Crippen LogP contribution in [-0.2, 0) is 9.59 Å².